The third-order valence-corrected chi connectivity index (χ3v) is 4.70. The zero-order chi connectivity index (χ0) is 20.9. The minimum atomic E-state index is -5.13. The average molecular weight is 443 g/mol. The van der Waals surface area contributed by atoms with Crippen molar-refractivity contribution in [2.75, 3.05) is 12.3 Å². The van der Waals surface area contributed by atoms with Gasteiger partial charge in [-0.2, -0.15) is 4.98 Å². The molecular weight excluding hydrogens is 428 g/mol. The maximum Gasteiger partial charge on any atom is 0.470 e. The van der Waals surface area contributed by atoms with E-state index in [0.29, 0.717) is 0 Å². The molecule has 3 heterocycles. The Bertz CT molecular complexity index is 1030. The first-order valence-electron chi connectivity index (χ1n) is 7.35. The van der Waals surface area contributed by atoms with Crippen LogP contribution in [0, 0.1) is 0 Å². The molecule has 0 saturated carbocycles. The molecule has 1 aliphatic heterocycles. The fourth-order valence-electron chi connectivity index (χ4n) is 2.67. The quantitative estimate of drug-likeness (QED) is 0.229. The number of nitrogen functional groups attached to an aromatic ring is 1. The van der Waals surface area contributed by atoms with Gasteiger partial charge in [0.05, 0.1) is 12.9 Å². The molecule has 0 aromatic carbocycles. The predicted molar refractivity (Wildman–Crippen MR) is 87.4 cm³/mol. The molecule has 2 aromatic heterocycles. The van der Waals surface area contributed by atoms with Crippen LogP contribution in [0.25, 0.3) is 11.2 Å². The predicted octanol–water partition coefficient (Wildman–Crippen LogP) is -2.45. The molecule has 8 N–H and O–H groups in total. The van der Waals surface area contributed by atoms with E-state index in [-0.39, 0.29) is 17.1 Å². The van der Waals surface area contributed by atoms with E-state index in [1.165, 1.54) is 0 Å². The van der Waals surface area contributed by atoms with Crippen LogP contribution in [-0.2, 0) is 22.9 Å². The topological polar surface area (TPSA) is 253 Å². The van der Waals surface area contributed by atoms with Crippen LogP contribution in [0.2, 0.25) is 0 Å². The van der Waals surface area contributed by atoms with E-state index in [1.54, 1.807) is 0 Å². The Labute approximate surface area is 154 Å². The zero-order valence-electron chi connectivity index (χ0n) is 13.6. The normalized spacial score (nSPS) is 26.2. The first kappa shape index (κ1) is 21.0. The third-order valence-electron chi connectivity index (χ3n) is 3.70. The fraction of sp³-hybridized carbons (Fsp3) is 0.500. The lowest BCUT2D eigenvalue weighted by atomic mass is 10.1. The highest BCUT2D eigenvalue weighted by Gasteiger charge is 2.49. The van der Waals surface area contributed by atoms with Crippen molar-refractivity contribution in [2.24, 2.45) is 0 Å². The minimum Gasteiger partial charge on any atom is -0.386 e. The summed E-state index contributed by atoms with van der Waals surface area (Å²) in [6.45, 7) is -0.870. The number of rotatable bonds is 6. The van der Waals surface area contributed by atoms with Gasteiger partial charge in [-0.3, -0.25) is 23.4 Å². The van der Waals surface area contributed by atoms with Crippen LogP contribution in [0.3, 0.4) is 0 Å². The van der Waals surface area contributed by atoms with E-state index >= 15 is 0 Å². The molecule has 1 aliphatic rings. The summed E-state index contributed by atoms with van der Waals surface area (Å²) in [5.41, 5.74) is 4.52. The van der Waals surface area contributed by atoms with E-state index in [9.17, 15) is 19.0 Å². The lowest BCUT2D eigenvalue weighted by Gasteiger charge is -2.20. The summed E-state index contributed by atoms with van der Waals surface area (Å²) in [6.07, 6.45) is -5.40. The Balaban J connectivity index is 1.97. The van der Waals surface area contributed by atoms with Gasteiger partial charge in [0.15, 0.2) is 17.4 Å². The van der Waals surface area contributed by atoms with Crippen LogP contribution in [0.4, 0.5) is 5.95 Å². The lowest BCUT2D eigenvalue weighted by Crippen LogP contribution is -2.35. The standard InChI is InChI=1S/C10H15N5O11P2/c11-10-13-7-4(8(17)14-10)12-2-15(7)9-5(16)6(26-28(21,22)23)3(25-9)1-24-27(18,19)20/h2-3,5-6,9,16H,1H2,(H2,18,19,20)(H2,21,22,23)(H3,11,13,14,17)/t3-,5+,6+,9-/m0/s1. The number of anilines is 1. The first-order chi connectivity index (χ1) is 12.9. The highest BCUT2D eigenvalue weighted by atomic mass is 31.2. The Morgan fingerprint density at radius 3 is 2.57 bits per heavy atom. The van der Waals surface area contributed by atoms with Crippen molar-refractivity contribution in [3.05, 3.63) is 16.7 Å². The summed E-state index contributed by atoms with van der Waals surface area (Å²) in [7, 11) is -10.1. The van der Waals surface area contributed by atoms with E-state index < -0.39 is 52.4 Å². The number of hydrogen-bond acceptors (Lipinski definition) is 10. The second kappa shape index (κ2) is 7.27. The van der Waals surface area contributed by atoms with Gasteiger partial charge in [-0.25, -0.2) is 14.1 Å². The average Bonchev–Trinajstić information content (AvgIpc) is 3.06. The first-order valence-corrected chi connectivity index (χ1v) is 10.4. The largest absolute Gasteiger partial charge is 0.470 e. The number of aromatic amines is 1. The molecular formula is C10H15N5O11P2. The SMILES string of the molecule is Nc1nc2c(ncn2[C@H]2O[C@@H](COP(=O)(O)O)[C@@H](OP(=O)(O)O)[C@H]2O)c(=O)[nH]1. The summed E-state index contributed by atoms with van der Waals surface area (Å²) in [4.78, 5) is 57.4. The van der Waals surface area contributed by atoms with Crippen molar-refractivity contribution < 1.29 is 47.6 Å². The Hall–Kier alpha value is -1.71. The van der Waals surface area contributed by atoms with E-state index in [1.807, 2.05) is 0 Å². The van der Waals surface area contributed by atoms with Crippen molar-refractivity contribution in [3.8, 4) is 0 Å². The van der Waals surface area contributed by atoms with Gasteiger partial charge in [-0.1, -0.05) is 0 Å². The van der Waals surface area contributed by atoms with Crippen LogP contribution < -0.4 is 11.3 Å². The van der Waals surface area contributed by atoms with Crippen molar-refractivity contribution in [2.45, 2.75) is 24.5 Å². The van der Waals surface area contributed by atoms with Gasteiger partial charge in [-0.05, 0) is 0 Å². The summed E-state index contributed by atoms with van der Waals surface area (Å²) < 4.78 is 37.3. The van der Waals surface area contributed by atoms with Gasteiger partial charge in [-0.15, -0.1) is 0 Å². The van der Waals surface area contributed by atoms with Crippen LogP contribution in [0.15, 0.2) is 11.1 Å². The van der Waals surface area contributed by atoms with Crippen molar-refractivity contribution in [1.82, 2.24) is 19.5 Å². The second-order valence-electron chi connectivity index (χ2n) is 5.68. The monoisotopic (exact) mass is 443 g/mol. The lowest BCUT2D eigenvalue weighted by molar-refractivity contribution is -0.0502. The number of nitrogens with zero attached hydrogens (tertiary/aromatic N) is 3. The molecule has 0 radical (unpaired) electrons. The molecule has 0 aliphatic carbocycles. The molecule has 0 spiro atoms. The molecule has 16 nitrogen and oxygen atoms in total. The molecule has 2 aromatic rings. The van der Waals surface area contributed by atoms with Gasteiger partial charge in [0, 0.05) is 0 Å². The van der Waals surface area contributed by atoms with E-state index in [0.717, 1.165) is 10.9 Å². The molecule has 4 atom stereocenters. The van der Waals surface area contributed by atoms with Crippen molar-refractivity contribution in [1.29, 1.82) is 0 Å². The number of phosphoric ester groups is 2. The molecule has 3 rings (SSSR count). The zero-order valence-corrected chi connectivity index (χ0v) is 15.4. The van der Waals surface area contributed by atoms with Gasteiger partial charge >= 0.3 is 15.6 Å². The molecule has 156 valence electrons. The number of phosphoric acid groups is 2. The number of fused-ring (bicyclic) bond motifs is 1. The van der Waals surface area contributed by atoms with Gasteiger partial charge in [0.2, 0.25) is 5.95 Å². The molecule has 28 heavy (non-hydrogen) atoms. The van der Waals surface area contributed by atoms with Crippen LogP contribution >= 0.6 is 15.6 Å². The van der Waals surface area contributed by atoms with Crippen LogP contribution in [0.5, 0.6) is 0 Å². The minimum absolute atomic E-state index is 0.114. The Morgan fingerprint density at radius 1 is 1.29 bits per heavy atom. The number of aliphatic hydroxyl groups excluding tert-OH is 1. The van der Waals surface area contributed by atoms with E-state index in [2.05, 4.69) is 24.0 Å². The Morgan fingerprint density at radius 2 is 1.96 bits per heavy atom. The Kier molecular flexibility index (Phi) is 5.46. The van der Waals surface area contributed by atoms with Crippen molar-refractivity contribution >= 4 is 32.8 Å². The van der Waals surface area contributed by atoms with Gasteiger partial charge < -0.3 is 35.2 Å². The number of ether oxygens (including phenoxy) is 1. The number of imidazole rings is 1. The number of aromatic nitrogens is 4. The molecule has 0 unspecified atom stereocenters. The maximum atomic E-state index is 11.8. The number of aliphatic hydroxyl groups is 1. The molecule has 0 bridgehead atoms. The summed E-state index contributed by atoms with van der Waals surface area (Å²) >= 11 is 0. The summed E-state index contributed by atoms with van der Waals surface area (Å²) in [6, 6.07) is 0. The van der Waals surface area contributed by atoms with Crippen LogP contribution in [-0.4, -0.2) is 69.1 Å². The molecule has 1 fully saturated rings. The highest BCUT2D eigenvalue weighted by molar-refractivity contribution is 7.46. The number of H-pyrrole nitrogens is 1. The highest BCUT2D eigenvalue weighted by Crippen LogP contribution is 2.45. The van der Waals surface area contributed by atoms with Crippen molar-refractivity contribution in [3.63, 3.8) is 0 Å². The molecule has 1 saturated heterocycles. The molecule has 0 amide bonds. The summed E-state index contributed by atoms with van der Waals surface area (Å²) in [5.74, 6) is -0.267. The maximum absolute atomic E-state index is 11.8. The third kappa shape index (κ3) is 4.47. The van der Waals surface area contributed by atoms with Crippen LogP contribution in [0.1, 0.15) is 6.23 Å². The smallest absolute Gasteiger partial charge is 0.386 e. The number of nitrogens with two attached hydrogens (primary N) is 1. The molecule has 18 heteroatoms. The van der Waals surface area contributed by atoms with Gasteiger partial charge in [0.25, 0.3) is 5.56 Å². The summed E-state index contributed by atoms with van der Waals surface area (Å²) in [5, 5.41) is 10.4. The number of hydrogen-bond donors (Lipinski definition) is 7. The fourth-order valence-corrected chi connectivity index (χ4v) is 3.59. The number of nitrogens with one attached hydrogen (secondary N) is 1. The van der Waals surface area contributed by atoms with Gasteiger partial charge in [0.1, 0.15) is 18.3 Å². The van der Waals surface area contributed by atoms with E-state index in [4.69, 9.17) is 30.0 Å². The second-order valence-corrected chi connectivity index (χ2v) is 8.11.